The molecule has 1 N–H and O–H groups in total. The normalized spacial score (nSPS) is 19.2. The van der Waals surface area contributed by atoms with E-state index in [4.69, 9.17) is 9.72 Å². The van der Waals surface area contributed by atoms with Crippen LogP contribution in [0.25, 0.3) is 22.2 Å². The third-order valence-electron chi connectivity index (χ3n) is 5.91. The van der Waals surface area contributed by atoms with Crippen LogP contribution in [0.2, 0.25) is 0 Å². The van der Waals surface area contributed by atoms with Crippen molar-refractivity contribution in [1.29, 1.82) is 0 Å². The van der Waals surface area contributed by atoms with Crippen LogP contribution in [0, 0.1) is 18.7 Å². The van der Waals surface area contributed by atoms with Crippen molar-refractivity contribution in [3.05, 3.63) is 48.3 Å². The number of hydrogen-bond donors (Lipinski definition) is 1. The van der Waals surface area contributed by atoms with Crippen molar-refractivity contribution in [2.75, 3.05) is 0 Å². The summed E-state index contributed by atoms with van der Waals surface area (Å²) in [6.07, 6.45) is 7.54. The number of carbonyl (C=O) groups is 1. The lowest BCUT2D eigenvalue weighted by molar-refractivity contribution is 0.0486. The van der Waals surface area contributed by atoms with Gasteiger partial charge in [0.25, 0.3) is 0 Å². The summed E-state index contributed by atoms with van der Waals surface area (Å²) in [5, 5.41) is 3.98. The lowest BCUT2D eigenvalue weighted by atomic mass is 9.86. The van der Waals surface area contributed by atoms with Gasteiger partial charge >= 0.3 is 6.09 Å². The first kappa shape index (κ1) is 22.2. The second kappa shape index (κ2) is 8.88. The van der Waals surface area contributed by atoms with Crippen molar-refractivity contribution in [1.82, 2.24) is 19.9 Å². The number of alkyl carbamates (subject to hydrolysis) is 1. The highest BCUT2D eigenvalue weighted by Gasteiger charge is 2.25. The number of nitrogens with zero attached hydrogens (tertiary/aromatic N) is 3. The van der Waals surface area contributed by atoms with E-state index in [0.29, 0.717) is 5.92 Å². The van der Waals surface area contributed by atoms with Gasteiger partial charge in [-0.1, -0.05) is 12.1 Å². The highest BCUT2D eigenvalue weighted by molar-refractivity contribution is 5.93. The van der Waals surface area contributed by atoms with Gasteiger partial charge in [-0.2, -0.15) is 0 Å². The van der Waals surface area contributed by atoms with Gasteiger partial charge in [-0.05, 0) is 77.0 Å². The molecule has 3 aromatic rings. The zero-order chi connectivity index (χ0) is 22.9. The Morgan fingerprint density at radius 2 is 1.88 bits per heavy atom. The molecule has 0 aliphatic heterocycles. The van der Waals surface area contributed by atoms with Crippen molar-refractivity contribution < 1.29 is 13.9 Å². The summed E-state index contributed by atoms with van der Waals surface area (Å²) < 4.78 is 21.0. The Morgan fingerprint density at radius 1 is 1.19 bits per heavy atom. The molecule has 1 saturated carbocycles. The summed E-state index contributed by atoms with van der Waals surface area (Å²) in [6, 6.07) is 6.70. The first-order valence-electron chi connectivity index (χ1n) is 11.3. The molecule has 0 unspecified atom stereocenters. The van der Waals surface area contributed by atoms with Crippen molar-refractivity contribution in [3.63, 3.8) is 0 Å². The van der Waals surface area contributed by atoms with Crippen molar-refractivity contribution in [2.45, 2.75) is 71.6 Å². The van der Waals surface area contributed by atoms with Gasteiger partial charge in [0.05, 0.1) is 0 Å². The highest BCUT2D eigenvalue weighted by atomic mass is 19.1. The van der Waals surface area contributed by atoms with E-state index in [1.807, 2.05) is 33.9 Å². The van der Waals surface area contributed by atoms with Gasteiger partial charge in [0.1, 0.15) is 22.9 Å². The summed E-state index contributed by atoms with van der Waals surface area (Å²) >= 11 is 0. The number of amides is 1. The van der Waals surface area contributed by atoms with Gasteiger partial charge in [0.2, 0.25) is 0 Å². The lowest BCUT2D eigenvalue weighted by Gasteiger charge is -2.30. The summed E-state index contributed by atoms with van der Waals surface area (Å²) in [5.74, 6) is 0.979. The summed E-state index contributed by atoms with van der Waals surface area (Å²) in [5.41, 5.74) is 2.39. The monoisotopic (exact) mass is 438 g/mol. The summed E-state index contributed by atoms with van der Waals surface area (Å²) in [7, 11) is 0. The summed E-state index contributed by atoms with van der Waals surface area (Å²) in [4.78, 5) is 21.1. The van der Waals surface area contributed by atoms with Gasteiger partial charge in [-0.25, -0.2) is 19.2 Å². The number of hydrogen-bond acceptors (Lipinski definition) is 4. The number of aryl methyl sites for hydroxylation is 1. The Balaban J connectivity index is 1.46. The predicted octanol–water partition coefficient (Wildman–Crippen LogP) is 5.63. The molecule has 1 fully saturated rings. The number of ether oxygens (including phenoxy) is 1. The Kier molecular flexibility index (Phi) is 6.17. The van der Waals surface area contributed by atoms with E-state index in [2.05, 4.69) is 21.1 Å². The maximum atomic E-state index is 13.4. The Morgan fingerprint density at radius 3 is 2.53 bits per heavy atom. The van der Waals surface area contributed by atoms with Gasteiger partial charge in [-0.15, -0.1) is 0 Å². The Hall–Kier alpha value is -2.96. The molecular formula is C25H31FN4O2. The predicted molar refractivity (Wildman–Crippen MR) is 123 cm³/mol. The van der Waals surface area contributed by atoms with E-state index in [9.17, 15) is 9.18 Å². The average molecular weight is 439 g/mol. The highest BCUT2D eigenvalue weighted by Crippen LogP contribution is 2.32. The first-order chi connectivity index (χ1) is 15.2. The van der Waals surface area contributed by atoms with E-state index in [1.165, 1.54) is 12.1 Å². The van der Waals surface area contributed by atoms with Gasteiger partial charge in [-0.3, -0.25) is 0 Å². The fourth-order valence-electron chi connectivity index (χ4n) is 4.39. The zero-order valence-electron chi connectivity index (χ0n) is 19.2. The second-order valence-corrected chi connectivity index (χ2v) is 9.72. The number of carbonyl (C=O) groups excluding carboxylic acids is 1. The van der Waals surface area contributed by atoms with Crippen LogP contribution in [0.4, 0.5) is 9.18 Å². The maximum Gasteiger partial charge on any atom is 0.407 e. The van der Waals surface area contributed by atoms with Crippen molar-refractivity contribution in [3.8, 4) is 11.1 Å². The fourth-order valence-corrected chi connectivity index (χ4v) is 4.39. The topological polar surface area (TPSA) is 69.0 Å². The molecule has 1 aliphatic carbocycles. The standard InChI is InChI=1S/C25H31FN4O2/c1-16-27-13-21-22(18-7-9-19(26)10-8-18)15-30(23(21)28-16)14-17-5-11-20(12-6-17)29-24(31)32-25(2,3)4/h7-10,13,15,17,20H,5-6,11-12,14H2,1-4H3,(H,29,31). The summed E-state index contributed by atoms with van der Waals surface area (Å²) in [6.45, 7) is 8.36. The smallest absolute Gasteiger partial charge is 0.407 e. The fraction of sp³-hybridized carbons (Fsp3) is 0.480. The third kappa shape index (κ3) is 5.26. The zero-order valence-corrected chi connectivity index (χ0v) is 19.2. The third-order valence-corrected chi connectivity index (χ3v) is 5.91. The molecular weight excluding hydrogens is 407 g/mol. The minimum Gasteiger partial charge on any atom is -0.444 e. The van der Waals surface area contributed by atoms with Crippen molar-refractivity contribution in [2.24, 2.45) is 5.92 Å². The quantitative estimate of drug-likeness (QED) is 0.573. The van der Waals surface area contributed by atoms with Crippen LogP contribution in [0.3, 0.4) is 0 Å². The molecule has 2 heterocycles. The van der Waals surface area contributed by atoms with Crippen LogP contribution in [0.1, 0.15) is 52.3 Å². The number of aromatic nitrogens is 3. The number of fused-ring (bicyclic) bond motifs is 1. The van der Waals surface area contributed by atoms with Gasteiger partial charge in [0.15, 0.2) is 0 Å². The van der Waals surface area contributed by atoms with E-state index in [0.717, 1.165) is 60.2 Å². The molecule has 1 amide bonds. The molecule has 2 aromatic heterocycles. The van der Waals surface area contributed by atoms with E-state index < -0.39 is 5.60 Å². The van der Waals surface area contributed by atoms with Crippen LogP contribution in [0.5, 0.6) is 0 Å². The molecule has 1 aliphatic rings. The average Bonchev–Trinajstić information content (AvgIpc) is 3.06. The Labute approximate surface area is 188 Å². The minimum absolute atomic E-state index is 0.154. The Bertz CT molecular complexity index is 1090. The van der Waals surface area contributed by atoms with E-state index in [1.54, 1.807) is 12.1 Å². The van der Waals surface area contributed by atoms with E-state index >= 15 is 0 Å². The second-order valence-electron chi connectivity index (χ2n) is 9.72. The maximum absolute atomic E-state index is 13.4. The molecule has 1 aromatic carbocycles. The molecule has 0 saturated heterocycles. The van der Waals surface area contributed by atoms with Crippen LogP contribution in [-0.4, -0.2) is 32.3 Å². The molecule has 170 valence electrons. The van der Waals surface area contributed by atoms with Crippen molar-refractivity contribution >= 4 is 17.1 Å². The molecule has 0 atom stereocenters. The minimum atomic E-state index is -0.487. The number of nitrogens with one attached hydrogen (secondary N) is 1. The number of rotatable bonds is 4. The molecule has 7 heteroatoms. The van der Waals surface area contributed by atoms with Crippen LogP contribution in [0.15, 0.2) is 36.7 Å². The number of halogens is 1. The molecule has 32 heavy (non-hydrogen) atoms. The lowest BCUT2D eigenvalue weighted by Crippen LogP contribution is -2.41. The molecule has 6 nitrogen and oxygen atoms in total. The SMILES string of the molecule is Cc1ncc2c(-c3ccc(F)cc3)cn(CC3CCC(NC(=O)OC(C)(C)C)CC3)c2n1. The van der Waals surface area contributed by atoms with E-state index in [-0.39, 0.29) is 18.0 Å². The molecule has 4 rings (SSSR count). The first-order valence-corrected chi connectivity index (χ1v) is 11.3. The van der Waals surface area contributed by atoms with Crippen LogP contribution < -0.4 is 5.32 Å². The van der Waals surface area contributed by atoms with Crippen LogP contribution in [-0.2, 0) is 11.3 Å². The molecule has 0 bridgehead atoms. The molecule has 0 radical (unpaired) electrons. The van der Waals surface area contributed by atoms with Gasteiger partial charge < -0.3 is 14.6 Å². The largest absolute Gasteiger partial charge is 0.444 e. The van der Waals surface area contributed by atoms with Crippen LogP contribution >= 0.6 is 0 Å². The molecule has 0 spiro atoms. The number of benzene rings is 1. The van der Waals surface area contributed by atoms with Gasteiger partial charge in [0, 0.05) is 35.9 Å².